The molecule has 0 radical (unpaired) electrons. The maximum atomic E-state index is 12.9. The molecule has 2 amide bonds. The Morgan fingerprint density at radius 1 is 1.37 bits per heavy atom. The lowest BCUT2D eigenvalue weighted by Crippen LogP contribution is -2.35. The van der Waals surface area contributed by atoms with Crippen LogP contribution in [-0.2, 0) is 22.5 Å². The molecule has 3 heterocycles. The first-order valence-electron chi connectivity index (χ1n) is 8.87. The molecule has 0 unspecified atom stereocenters. The second-order valence-corrected chi connectivity index (χ2v) is 7.40. The molecular weight excluding hydrogens is 364 g/mol. The Morgan fingerprint density at radius 2 is 2.22 bits per heavy atom. The zero-order chi connectivity index (χ0) is 18.8. The highest BCUT2D eigenvalue weighted by Gasteiger charge is 2.26. The van der Waals surface area contributed by atoms with Gasteiger partial charge in [0.25, 0.3) is 11.8 Å². The number of nitrogens with zero attached hydrogens (tertiary/aromatic N) is 2. The second-order valence-electron chi connectivity index (χ2n) is 6.32. The largest absolute Gasteiger partial charge is 0.372 e. The number of anilines is 1. The minimum atomic E-state index is -0.214. The molecule has 0 fully saturated rings. The van der Waals surface area contributed by atoms with Crippen molar-refractivity contribution in [3.8, 4) is 0 Å². The lowest BCUT2D eigenvalue weighted by molar-refractivity contribution is -0.120. The molecule has 3 aromatic rings. The van der Waals surface area contributed by atoms with Crippen LogP contribution in [0.1, 0.15) is 28.0 Å². The van der Waals surface area contributed by atoms with Crippen LogP contribution in [0.4, 0.5) is 5.13 Å². The molecular formula is C19H20N4O3S. The van der Waals surface area contributed by atoms with Gasteiger partial charge < -0.3 is 14.6 Å². The van der Waals surface area contributed by atoms with Crippen LogP contribution >= 0.6 is 11.3 Å². The third kappa shape index (κ3) is 3.72. The number of para-hydroxylation sites is 1. The molecule has 2 aromatic heterocycles. The smallest absolute Gasteiger partial charge is 0.270 e. The van der Waals surface area contributed by atoms with E-state index in [-0.39, 0.29) is 18.4 Å². The molecule has 4 rings (SSSR count). The van der Waals surface area contributed by atoms with Gasteiger partial charge in [-0.1, -0.05) is 29.5 Å². The average Bonchev–Trinajstić information content (AvgIpc) is 3.28. The topological polar surface area (TPSA) is 87.3 Å². The third-order valence-corrected chi connectivity index (χ3v) is 5.46. The summed E-state index contributed by atoms with van der Waals surface area (Å²) in [4.78, 5) is 35.2. The number of benzene rings is 1. The van der Waals surface area contributed by atoms with Gasteiger partial charge in [-0.3, -0.25) is 14.9 Å². The summed E-state index contributed by atoms with van der Waals surface area (Å²) in [6, 6.07) is 9.73. The maximum Gasteiger partial charge on any atom is 0.270 e. The first-order valence-corrected chi connectivity index (χ1v) is 9.69. The van der Waals surface area contributed by atoms with E-state index in [9.17, 15) is 9.59 Å². The molecule has 0 aliphatic carbocycles. The zero-order valence-electron chi connectivity index (χ0n) is 14.9. The van der Waals surface area contributed by atoms with E-state index >= 15 is 0 Å². The SMILES string of the molecule is CCOCC(=O)Nc1nc2c(s1)CN(C(=O)c1cc3ccccc3[nH]1)CC2. The monoisotopic (exact) mass is 384 g/mol. The highest BCUT2D eigenvalue weighted by atomic mass is 32.1. The summed E-state index contributed by atoms with van der Waals surface area (Å²) in [5.74, 6) is -0.235. The van der Waals surface area contributed by atoms with Crippen LogP contribution in [0.3, 0.4) is 0 Å². The van der Waals surface area contributed by atoms with Crippen LogP contribution < -0.4 is 5.32 Å². The number of thiazole rings is 1. The maximum absolute atomic E-state index is 12.9. The molecule has 27 heavy (non-hydrogen) atoms. The Morgan fingerprint density at radius 3 is 3.04 bits per heavy atom. The number of fused-ring (bicyclic) bond motifs is 2. The summed E-state index contributed by atoms with van der Waals surface area (Å²) in [6.45, 7) is 3.46. The third-order valence-electron chi connectivity index (χ3n) is 4.46. The quantitative estimate of drug-likeness (QED) is 0.708. The molecule has 0 bridgehead atoms. The van der Waals surface area contributed by atoms with Crippen LogP contribution in [0.25, 0.3) is 10.9 Å². The summed E-state index contributed by atoms with van der Waals surface area (Å²) in [5.41, 5.74) is 2.50. The van der Waals surface area contributed by atoms with Crippen LogP contribution in [0.15, 0.2) is 30.3 Å². The molecule has 1 aromatic carbocycles. The predicted molar refractivity (Wildman–Crippen MR) is 104 cm³/mol. The van der Waals surface area contributed by atoms with Gasteiger partial charge in [-0.05, 0) is 19.1 Å². The molecule has 1 aliphatic heterocycles. The number of rotatable bonds is 5. The van der Waals surface area contributed by atoms with Crippen molar-refractivity contribution in [2.24, 2.45) is 0 Å². The van der Waals surface area contributed by atoms with E-state index in [0.29, 0.717) is 36.9 Å². The van der Waals surface area contributed by atoms with Gasteiger partial charge in [0.2, 0.25) is 0 Å². The number of hydrogen-bond donors (Lipinski definition) is 2. The second kappa shape index (κ2) is 7.50. The number of ether oxygens (including phenoxy) is 1. The van der Waals surface area contributed by atoms with Gasteiger partial charge in [0, 0.05) is 35.4 Å². The number of aromatic nitrogens is 2. The van der Waals surface area contributed by atoms with E-state index < -0.39 is 0 Å². The summed E-state index contributed by atoms with van der Waals surface area (Å²) < 4.78 is 5.10. The van der Waals surface area contributed by atoms with Gasteiger partial charge in [-0.25, -0.2) is 4.98 Å². The molecule has 0 spiro atoms. The fourth-order valence-electron chi connectivity index (χ4n) is 3.13. The predicted octanol–water partition coefficient (Wildman–Crippen LogP) is 2.80. The van der Waals surface area contributed by atoms with Crippen LogP contribution in [0.5, 0.6) is 0 Å². The first kappa shape index (κ1) is 17.7. The van der Waals surface area contributed by atoms with Crippen LogP contribution in [0, 0.1) is 0 Å². The number of carbonyl (C=O) groups excluding carboxylic acids is 2. The minimum absolute atomic E-state index is 0.0196. The molecule has 2 N–H and O–H groups in total. The van der Waals surface area contributed by atoms with Gasteiger partial charge in [-0.2, -0.15) is 0 Å². The lowest BCUT2D eigenvalue weighted by atomic mass is 10.1. The Kier molecular flexibility index (Phi) is 4.91. The van der Waals surface area contributed by atoms with Crippen molar-refractivity contribution in [2.45, 2.75) is 19.9 Å². The zero-order valence-corrected chi connectivity index (χ0v) is 15.8. The highest BCUT2D eigenvalue weighted by Crippen LogP contribution is 2.29. The number of amides is 2. The number of nitrogens with one attached hydrogen (secondary N) is 2. The van der Waals surface area contributed by atoms with Gasteiger partial charge >= 0.3 is 0 Å². The standard InChI is InChI=1S/C19H20N4O3S/c1-2-26-11-17(24)22-19-21-14-7-8-23(10-16(14)27-19)18(25)15-9-12-5-3-4-6-13(12)20-15/h3-6,9,20H,2,7-8,10-11H2,1H3,(H,21,22,24). The van der Waals surface area contributed by atoms with Crippen LogP contribution in [0.2, 0.25) is 0 Å². The Labute approximate surface area is 160 Å². The van der Waals surface area contributed by atoms with Crippen molar-refractivity contribution in [1.29, 1.82) is 0 Å². The minimum Gasteiger partial charge on any atom is -0.372 e. The van der Waals surface area contributed by atoms with Gasteiger partial charge in [-0.15, -0.1) is 0 Å². The normalized spacial score (nSPS) is 13.6. The Bertz CT molecular complexity index is 961. The molecule has 0 saturated carbocycles. The Hall–Kier alpha value is -2.71. The van der Waals surface area contributed by atoms with E-state index in [0.717, 1.165) is 21.5 Å². The van der Waals surface area contributed by atoms with Crippen molar-refractivity contribution < 1.29 is 14.3 Å². The number of hydrogen-bond acceptors (Lipinski definition) is 5. The number of H-pyrrole nitrogens is 1. The van der Waals surface area contributed by atoms with Crippen LogP contribution in [-0.4, -0.2) is 46.4 Å². The van der Waals surface area contributed by atoms with Gasteiger partial charge in [0.05, 0.1) is 12.2 Å². The molecule has 0 atom stereocenters. The first-order chi connectivity index (χ1) is 13.1. The van der Waals surface area contributed by atoms with E-state index in [4.69, 9.17) is 4.74 Å². The fourth-order valence-corrected chi connectivity index (χ4v) is 4.17. The van der Waals surface area contributed by atoms with E-state index in [1.54, 1.807) is 0 Å². The van der Waals surface area contributed by atoms with Crippen molar-refractivity contribution in [1.82, 2.24) is 14.9 Å². The van der Waals surface area contributed by atoms with Gasteiger partial charge in [0.15, 0.2) is 5.13 Å². The van der Waals surface area contributed by atoms with Gasteiger partial charge in [0.1, 0.15) is 12.3 Å². The van der Waals surface area contributed by atoms with Crippen molar-refractivity contribution in [3.63, 3.8) is 0 Å². The van der Waals surface area contributed by atoms with E-state index in [1.165, 1.54) is 11.3 Å². The van der Waals surface area contributed by atoms with E-state index in [1.807, 2.05) is 42.2 Å². The summed E-state index contributed by atoms with van der Waals surface area (Å²) >= 11 is 1.42. The molecule has 0 saturated heterocycles. The van der Waals surface area contributed by atoms with Crippen molar-refractivity contribution in [3.05, 3.63) is 46.6 Å². The number of aromatic amines is 1. The fraction of sp³-hybridized carbons (Fsp3) is 0.316. The molecule has 140 valence electrons. The molecule has 7 nitrogen and oxygen atoms in total. The lowest BCUT2D eigenvalue weighted by Gasteiger charge is -2.25. The average molecular weight is 384 g/mol. The van der Waals surface area contributed by atoms with Crippen molar-refractivity contribution >= 4 is 39.2 Å². The Balaban J connectivity index is 1.46. The molecule has 1 aliphatic rings. The molecule has 8 heteroatoms. The van der Waals surface area contributed by atoms with E-state index in [2.05, 4.69) is 15.3 Å². The summed E-state index contributed by atoms with van der Waals surface area (Å²) in [6.07, 6.45) is 0.680. The van der Waals surface area contributed by atoms with Crippen molar-refractivity contribution in [2.75, 3.05) is 25.1 Å². The number of carbonyl (C=O) groups is 2. The summed E-state index contributed by atoms with van der Waals surface area (Å²) in [5, 5.41) is 4.34. The highest BCUT2D eigenvalue weighted by molar-refractivity contribution is 7.15. The summed E-state index contributed by atoms with van der Waals surface area (Å²) in [7, 11) is 0.